The van der Waals surface area contributed by atoms with Gasteiger partial charge in [-0.1, -0.05) is 23.7 Å². The van der Waals surface area contributed by atoms with E-state index in [9.17, 15) is 18.0 Å². The van der Waals surface area contributed by atoms with Gasteiger partial charge in [-0.05, 0) is 42.0 Å². The van der Waals surface area contributed by atoms with Gasteiger partial charge in [0.1, 0.15) is 0 Å². The minimum absolute atomic E-state index is 0.0623. The Balaban J connectivity index is 1.81. The van der Waals surface area contributed by atoms with Crippen LogP contribution in [0.5, 0.6) is 0 Å². The molecule has 1 heterocycles. The van der Waals surface area contributed by atoms with E-state index in [-0.39, 0.29) is 29.2 Å². The van der Waals surface area contributed by atoms with Gasteiger partial charge < -0.3 is 10.2 Å². The highest BCUT2D eigenvalue weighted by atomic mass is 35.5. The normalized spacial score (nSPS) is 20.0. The van der Waals surface area contributed by atoms with Crippen molar-refractivity contribution in [3.8, 4) is 0 Å². The standard InChI is InChI=1S/C19H19ClN2O4S/c1-22-17(23)11-16(18(22)12-3-7-14(20)8-4-12)21-19(24)13-5-9-15(10-6-13)27(2,25)26/h3-10,16,18H,11H2,1-2H3,(H,21,24)/t16-,18-/m1/s1. The molecule has 1 saturated heterocycles. The van der Waals surface area contributed by atoms with Crippen LogP contribution in [0.25, 0.3) is 0 Å². The summed E-state index contributed by atoms with van der Waals surface area (Å²) in [5.74, 6) is -0.421. The number of carbonyl (C=O) groups is 2. The summed E-state index contributed by atoms with van der Waals surface area (Å²) in [6.45, 7) is 0. The number of halogens is 1. The van der Waals surface area contributed by atoms with Gasteiger partial charge in [-0.2, -0.15) is 0 Å². The van der Waals surface area contributed by atoms with Crippen LogP contribution in [0.3, 0.4) is 0 Å². The zero-order valence-corrected chi connectivity index (χ0v) is 16.4. The summed E-state index contributed by atoms with van der Waals surface area (Å²) in [5.41, 5.74) is 1.21. The first-order valence-corrected chi connectivity index (χ1v) is 10.6. The van der Waals surface area contributed by atoms with Gasteiger partial charge in [-0.25, -0.2) is 8.42 Å². The molecule has 1 aliphatic rings. The minimum atomic E-state index is -3.32. The molecule has 1 N–H and O–H groups in total. The SMILES string of the molecule is CN1C(=O)C[C@@H](NC(=O)c2ccc(S(C)(=O)=O)cc2)[C@H]1c1ccc(Cl)cc1. The van der Waals surface area contributed by atoms with E-state index in [2.05, 4.69) is 5.32 Å². The lowest BCUT2D eigenvalue weighted by Gasteiger charge is -2.26. The number of nitrogens with one attached hydrogen (secondary N) is 1. The van der Waals surface area contributed by atoms with Gasteiger partial charge in [0.15, 0.2) is 9.84 Å². The number of hydrogen-bond donors (Lipinski definition) is 1. The predicted octanol–water partition coefficient (Wildman–Crippen LogP) is 2.45. The van der Waals surface area contributed by atoms with Crippen molar-refractivity contribution in [3.05, 3.63) is 64.7 Å². The maximum atomic E-state index is 12.6. The smallest absolute Gasteiger partial charge is 0.251 e. The van der Waals surface area contributed by atoms with Crippen LogP contribution in [0, 0.1) is 0 Å². The average molecular weight is 407 g/mol. The summed E-state index contributed by atoms with van der Waals surface area (Å²) in [6.07, 6.45) is 1.30. The summed E-state index contributed by atoms with van der Waals surface area (Å²) in [4.78, 5) is 26.5. The molecule has 1 fully saturated rings. The maximum absolute atomic E-state index is 12.6. The first kappa shape index (κ1) is 19.4. The quantitative estimate of drug-likeness (QED) is 0.845. The lowest BCUT2D eigenvalue weighted by atomic mass is 10.00. The van der Waals surface area contributed by atoms with Gasteiger partial charge in [0.25, 0.3) is 5.91 Å². The number of hydrogen-bond acceptors (Lipinski definition) is 4. The fourth-order valence-electron chi connectivity index (χ4n) is 3.22. The van der Waals surface area contributed by atoms with Crippen molar-refractivity contribution in [2.75, 3.05) is 13.3 Å². The molecule has 0 bridgehead atoms. The highest BCUT2D eigenvalue weighted by Gasteiger charge is 2.39. The zero-order valence-electron chi connectivity index (χ0n) is 14.8. The van der Waals surface area contributed by atoms with E-state index >= 15 is 0 Å². The van der Waals surface area contributed by atoms with Gasteiger partial charge in [0.2, 0.25) is 5.91 Å². The zero-order chi connectivity index (χ0) is 19.8. The van der Waals surface area contributed by atoms with Gasteiger partial charge in [0.05, 0.1) is 17.0 Å². The predicted molar refractivity (Wildman–Crippen MR) is 102 cm³/mol. The van der Waals surface area contributed by atoms with E-state index in [1.807, 2.05) is 12.1 Å². The van der Waals surface area contributed by atoms with Crippen molar-refractivity contribution in [2.24, 2.45) is 0 Å². The summed E-state index contributed by atoms with van der Waals surface area (Å²) in [6, 6.07) is 12.2. The first-order valence-electron chi connectivity index (χ1n) is 8.29. The molecule has 142 valence electrons. The van der Waals surface area contributed by atoms with Crippen molar-refractivity contribution in [1.29, 1.82) is 0 Å². The number of nitrogens with zero attached hydrogens (tertiary/aromatic N) is 1. The third-order valence-electron chi connectivity index (χ3n) is 4.66. The van der Waals surface area contributed by atoms with E-state index in [0.29, 0.717) is 10.6 Å². The number of likely N-dealkylation sites (tertiary alicyclic amines) is 1. The number of benzene rings is 2. The summed E-state index contributed by atoms with van der Waals surface area (Å²) in [5, 5.41) is 3.49. The van der Waals surface area contributed by atoms with Crippen molar-refractivity contribution in [2.45, 2.75) is 23.4 Å². The maximum Gasteiger partial charge on any atom is 0.251 e. The van der Waals surface area contributed by atoms with Crippen molar-refractivity contribution in [1.82, 2.24) is 10.2 Å². The Morgan fingerprint density at radius 1 is 1.11 bits per heavy atom. The second-order valence-corrected chi connectivity index (χ2v) is 9.03. The Labute approximate surface area is 163 Å². The van der Waals surface area contributed by atoms with Crippen molar-refractivity contribution >= 4 is 33.3 Å². The molecule has 1 aliphatic heterocycles. The molecule has 2 aromatic rings. The second-order valence-electron chi connectivity index (χ2n) is 6.58. The molecule has 0 aromatic heterocycles. The van der Waals surface area contributed by atoms with Crippen LogP contribution < -0.4 is 5.32 Å². The second kappa shape index (κ2) is 7.32. The monoisotopic (exact) mass is 406 g/mol. The molecule has 2 aromatic carbocycles. The molecule has 0 radical (unpaired) electrons. The number of carbonyl (C=O) groups excluding carboxylic acids is 2. The van der Waals surface area contributed by atoms with Gasteiger partial charge in [0, 0.05) is 30.3 Å². The molecule has 0 aliphatic carbocycles. The lowest BCUT2D eigenvalue weighted by Crippen LogP contribution is -2.39. The molecule has 0 spiro atoms. The van der Waals surface area contributed by atoms with Crippen molar-refractivity contribution in [3.63, 3.8) is 0 Å². The Morgan fingerprint density at radius 2 is 1.70 bits per heavy atom. The highest BCUT2D eigenvalue weighted by Crippen LogP contribution is 2.32. The molecule has 0 saturated carbocycles. The fraction of sp³-hybridized carbons (Fsp3) is 0.263. The molecular weight excluding hydrogens is 388 g/mol. The van der Waals surface area contributed by atoms with Crippen molar-refractivity contribution < 1.29 is 18.0 Å². The Bertz CT molecular complexity index is 972. The van der Waals surface area contributed by atoms with Crippen LogP contribution in [-0.2, 0) is 14.6 Å². The van der Waals surface area contributed by atoms with E-state index in [0.717, 1.165) is 11.8 Å². The summed E-state index contributed by atoms with van der Waals surface area (Å²) >= 11 is 5.94. The molecular formula is C19H19ClN2O4S. The largest absolute Gasteiger partial charge is 0.346 e. The van der Waals surface area contributed by atoms with E-state index in [4.69, 9.17) is 11.6 Å². The van der Waals surface area contributed by atoms with Crippen LogP contribution in [0.15, 0.2) is 53.4 Å². The molecule has 27 heavy (non-hydrogen) atoms. The van der Waals surface area contributed by atoms with Crippen LogP contribution in [0.1, 0.15) is 28.4 Å². The van der Waals surface area contributed by atoms with Crippen LogP contribution >= 0.6 is 11.6 Å². The number of likely N-dealkylation sites (N-methyl/N-ethyl adjacent to an activating group) is 1. The molecule has 8 heteroatoms. The third kappa shape index (κ3) is 4.14. The molecule has 2 amide bonds. The van der Waals surface area contributed by atoms with Crippen LogP contribution in [-0.4, -0.2) is 44.5 Å². The Kier molecular flexibility index (Phi) is 5.26. The molecule has 0 unspecified atom stereocenters. The van der Waals surface area contributed by atoms with E-state index < -0.39 is 15.9 Å². The van der Waals surface area contributed by atoms with E-state index in [1.165, 1.54) is 24.3 Å². The fourth-order valence-corrected chi connectivity index (χ4v) is 3.98. The van der Waals surface area contributed by atoms with Gasteiger partial charge in [-0.15, -0.1) is 0 Å². The molecule has 3 rings (SSSR count). The van der Waals surface area contributed by atoms with Crippen LogP contribution in [0.2, 0.25) is 5.02 Å². The Morgan fingerprint density at radius 3 is 2.26 bits per heavy atom. The van der Waals surface area contributed by atoms with Gasteiger partial charge >= 0.3 is 0 Å². The Hall–Kier alpha value is -2.38. The average Bonchev–Trinajstić information content (AvgIpc) is 2.89. The number of rotatable bonds is 4. The molecule has 6 nitrogen and oxygen atoms in total. The number of amides is 2. The summed E-state index contributed by atoms with van der Waals surface area (Å²) < 4.78 is 23.1. The molecule has 2 atom stereocenters. The van der Waals surface area contributed by atoms with Crippen LogP contribution in [0.4, 0.5) is 0 Å². The lowest BCUT2D eigenvalue weighted by molar-refractivity contribution is -0.127. The van der Waals surface area contributed by atoms with E-state index in [1.54, 1.807) is 24.1 Å². The first-order chi connectivity index (χ1) is 12.7. The summed E-state index contributed by atoms with van der Waals surface area (Å²) in [7, 11) is -1.62. The minimum Gasteiger partial charge on any atom is -0.346 e. The topological polar surface area (TPSA) is 83.6 Å². The third-order valence-corrected chi connectivity index (χ3v) is 6.04. The van der Waals surface area contributed by atoms with Gasteiger partial charge in [-0.3, -0.25) is 9.59 Å². The number of sulfone groups is 1. The highest BCUT2D eigenvalue weighted by molar-refractivity contribution is 7.90.